The zero-order valence-corrected chi connectivity index (χ0v) is 7.79. The molecular formula is C8H12NO2P. The van der Waals surface area contributed by atoms with Crippen LogP contribution >= 0.6 is 7.37 Å². The molecule has 0 spiro atoms. The lowest BCUT2D eigenvalue weighted by molar-refractivity contribution is 0.484. The van der Waals surface area contributed by atoms with Crippen LogP contribution in [-0.4, -0.2) is 11.6 Å². The van der Waals surface area contributed by atoms with Gasteiger partial charge in [0.2, 0.25) is 7.37 Å². The van der Waals surface area contributed by atoms with E-state index in [0.717, 1.165) is 5.56 Å². The molecule has 66 valence electrons. The highest BCUT2D eigenvalue weighted by atomic mass is 31.2. The molecule has 3 nitrogen and oxygen atoms in total. The van der Waals surface area contributed by atoms with Gasteiger partial charge in [-0.1, -0.05) is 12.1 Å². The van der Waals surface area contributed by atoms with Gasteiger partial charge in [-0.05, 0) is 17.7 Å². The summed E-state index contributed by atoms with van der Waals surface area (Å²) in [5.74, 6) is 0. The van der Waals surface area contributed by atoms with Gasteiger partial charge in [0.25, 0.3) is 0 Å². The van der Waals surface area contributed by atoms with E-state index in [4.69, 9.17) is 10.6 Å². The molecule has 0 saturated heterocycles. The molecule has 1 aromatic carbocycles. The van der Waals surface area contributed by atoms with Crippen LogP contribution in [0.15, 0.2) is 24.3 Å². The zero-order valence-electron chi connectivity index (χ0n) is 6.90. The average molecular weight is 185 g/mol. The first-order chi connectivity index (χ1) is 5.47. The summed E-state index contributed by atoms with van der Waals surface area (Å²) in [5.41, 5.74) is 6.97. The molecule has 12 heavy (non-hydrogen) atoms. The zero-order chi connectivity index (χ0) is 9.19. The van der Waals surface area contributed by atoms with Gasteiger partial charge in [-0.15, -0.1) is 0 Å². The lowest BCUT2D eigenvalue weighted by atomic mass is 10.2. The molecule has 1 atom stereocenters. The minimum absolute atomic E-state index is 0.216. The van der Waals surface area contributed by atoms with Crippen LogP contribution in [0, 0.1) is 0 Å². The molecule has 0 heterocycles. The summed E-state index contributed by atoms with van der Waals surface area (Å²) < 4.78 is 11.0. The molecule has 0 saturated carbocycles. The predicted molar refractivity (Wildman–Crippen MR) is 50.3 cm³/mol. The largest absolute Gasteiger partial charge is 0.399 e. The normalized spacial score (nSPS) is 15.5. The third kappa shape index (κ3) is 3.07. The summed E-state index contributed by atoms with van der Waals surface area (Å²) in [6, 6.07) is 6.99. The SMILES string of the molecule is CP(=O)(O)Cc1ccc(N)cc1. The third-order valence-corrected chi connectivity index (χ3v) is 2.41. The fourth-order valence-corrected chi connectivity index (χ4v) is 1.85. The topological polar surface area (TPSA) is 63.3 Å². The molecule has 0 amide bonds. The number of benzene rings is 1. The van der Waals surface area contributed by atoms with E-state index >= 15 is 0 Å². The van der Waals surface area contributed by atoms with E-state index in [2.05, 4.69) is 0 Å². The van der Waals surface area contributed by atoms with Gasteiger partial charge in [-0.3, -0.25) is 4.57 Å². The molecule has 3 N–H and O–H groups in total. The van der Waals surface area contributed by atoms with Crippen LogP contribution in [0.1, 0.15) is 5.56 Å². The molecule has 0 aliphatic rings. The standard InChI is InChI=1S/C8H12NO2P/c1-12(10,11)6-7-2-4-8(9)5-3-7/h2-5H,6,9H2,1H3,(H,10,11). The van der Waals surface area contributed by atoms with E-state index in [1.807, 2.05) is 0 Å². The van der Waals surface area contributed by atoms with Crippen LogP contribution in [0.5, 0.6) is 0 Å². The van der Waals surface area contributed by atoms with Crippen LogP contribution in [-0.2, 0) is 10.7 Å². The number of rotatable bonds is 2. The summed E-state index contributed by atoms with van der Waals surface area (Å²) in [5, 5.41) is 0. The Labute approximate surface area is 71.7 Å². The Hall–Kier alpha value is -0.790. The second kappa shape index (κ2) is 3.30. The Kier molecular flexibility index (Phi) is 2.55. The molecule has 1 unspecified atom stereocenters. The van der Waals surface area contributed by atoms with Gasteiger partial charge in [0.05, 0.1) is 0 Å². The summed E-state index contributed by atoms with van der Waals surface area (Å²) in [4.78, 5) is 9.06. The summed E-state index contributed by atoms with van der Waals surface area (Å²) in [7, 11) is -2.94. The third-order valence-electron chi connectivity index (χ3n) is 1.46. The van der Waals surface area contributed by atoms with Crippen molar-refractivity contribution >= 4 is 13.1 Å². The van der Waals surface area contributed by atoms with Crippen LogP contribution in [0.4, 0.5) is 5.69 Å². The van der Waals surface area contributed by atoms with Crippen molar-refractivity contribution in [1.82, 2.24) is 0 Å². The van der Waals surface area contributed by atoms with Gasteiger partial charge >= 0.3 is 0 Å². The van der Waals surface area contributed by atoms with Crippen molar-refractivity contribution in [3.8, 4) is 0 Å². The Balaban J connectivity index is 2.78. The second-order valence-corrected chi connectivity index (χ2v) is 5.37. The van der Waals surface area contributed by atoms with E-state index in [0.29, 0.717) is 5.69 Å². The second-order valence-electron chi connectivity index (χ2n) is 2.95. The monoisotopic (exact) mass is 185 g/mol. The van der Waals surface area contributed by atoms with Gasteiger partial charge in [-0.25, -0.2) is 0 Å². The number of nitrogens with two attached hydrogens (primary N) is 1. The van der Waals surface area contributed by atoms with E-state index in [9.17, 15) is 4.57 Å². The maximum Gasteiger partial charge on any atom is 0.201 e. The highest BCUT2D eigenvalue weighted by Gasteiger charge is 2.09. The van der Waals surface area contributed by atoms with Crippen molar-refractivity contribution in [3.63, 3.8) is 0 Å². The molecule has 1 aromatic rings. The van der Waals surface area contributed by atoms with Crippen LogP contribution in [0.25, 0.3) is 0 Å². The van der Waals surface area contributed by atoms with Gasteiger partial charge < -0.3 is 10.6 Å². The minimum atomic E-state index is -2.94. The van der Waals surface area contributed by atoms with E-state index < -0.39 is 7.37 Å². The molecule has 0 radical (unpaired) electrons. The molecule has 0 aromatic heterocycles. The highest BCUT2D eigenvalue weighted by molar-refractivity contribution is 7.56. The van der Waals surface area contributed by atoms with E-state index in [1.165, 1.54) is 6.66 Å². The summed E-state index contributed by atoms with van der Waals surface area (Å²) in [6.45, 7) is 1.35. The fourth-order valence-electron chi connectivity index (χ4n) is 0.962. The van der Waals surface area contributed by atoms with Crippen LogP contribution in [0.2, 0.25) is 0 Å². The van der Waals surface area contributed by atoms with Crippen molar-refractivity contribution in [2.75, 3.05) is 12.4 Å². The molecule has 1 rings (SSSR count). The Morgan fingerprint density at radius 2 is 1.92 bits per heavy atom. The Morgan fingerprint density at radius 3 is 2.33 bits per heavy atom. The average Bonchev–Trinajstić information content (AvgIpc) is 1.91. The van der Waals surface area contributed by atoms with Gasteiger partial charge in [0, 0.05) is 18.5 Å². The van der Waals surface area contributed by atoms with Crippen molar-refractivity contribution in [2.45, 2.75) is 6.16 Å². The van der Waals surface area contributed by atoms with Gasteiger partial charge in [0.1, 0.15) is 0 Å². The predicted octanol–water partition coefficient (Wildman–Crippen LogP) is 1.67. The number of nitrogen functional groups attached to an aromatic ring is 1. The lowest BCUT2D eigenvalue weighted by Crippen LogP contribution is -1.88. The van der Waals surface area contributed by atoms with Crippen LogP contribution in [0.3, 0.4) is 0 Å². The first kappa shape index (κ1) is 9.30. The quantitative estimate of drug-likeness (QED) is 0.544. The number of anilines is 1. The smallest absolute Gasteiger partial charge is 0.201 e. The molecule has 4 heteroatoms. The van der Waals surface area contributed by atoms with Crippen molar-refractivity contribution in [1.29, 1.82) is 0 Å². The molecule has 0 aliphatic heterocycles. The molecule has 0 aliphatic carbocycles. The number of hydrogen-bond acceptors (Lipinski definition) is 2. The van der Waals surface area contributed by atoms with Gasteiger partial charge in [0.15, 0.2) is 0 Å². The first-order valence-corrected chi connectivity index (χ1v) is 5.90. The fraction of sp³-hybridized carbons (Fsp3) is 0.250. The maximum atomic E-state index is 11.0. The van der Waals surface area contributed by atoms with Crippen molar-refractivity contribution < 1.29 is 9.46 Å². The first-order valence-electron chi connectivity index (χ1n) is 3.61. The lowest BCUT2D eigenvalue weighted by Gasteiger charge is -2.04. The maximum absolute atomic E-state index is 11.0. The molecule has 0 bridgehead atoms. The van der Waals surface area contributed by atoms with Crippen molar-refractivity contribution in [2.24, 2.45) is 0 Å². The van der Waals surface area contributed by atoms with Crippen molar-refractivity contribution in [3.05, 3.63) is 29.8 Å². The van der Waals surface area contributed by atoms with Crippen LogP contribution < -0.4 is 5.73 Å². The van der Waals surface area contributed by atoms with Gasteiger partial charge in [-0.2, -0.15) is 0 Å². The molecule has 0 fully saturated rings. The summed E-state index contributed by atoms with van der Waals surface area (Å²) >= 11 is 0. The molecular weight excluding hydrogens is 173 g/mol. The Morgan fingerprint density at radius 1 is 1.42 bits per heavy atom. The highest BCUT2D eigenvalue weighted by Crippen LogP contribution is 2.39. The summed E-state index contributed by atoms with van der Waals surface area (Å²) in [6.07, 6.45) is 0.216. The van der Waals surface area contributed by atoms with E-state index in [-0.39, 0.29) is 6.16 Å². The van der Waals surface area contributed by atoms with E-state index in [1.54, 1.807) is 24.3 Å². The number of hydrogen-bond donors (Lipinski definition) is 2. The Bertz CT molecular complexity index is 301. The minimum Gasteiger partial charge on any atom is -0.399 e.